The van der Waals surface area contributed by atoms with E-state index in [1.165, 1.54) is 13.8 Å². The Morgan fingerprint density at radius 3 is 1.88 bits per heavy atom. The summed E-state index contributed by atoms with van der Waals surface area (Å²) in [6.45, 7) is 4.88. The summed E-state index contributed by atoms with van der Waals surface area (Å²) in [7, 11) is 0. The van der Waals surface area contributed by atoms with E-state index in [-0.39, 0.29) is 25.2 Å². The number of hydrogen-bond donors (Lipinski definition) is 0. The van der Waals surface area contributed by atoms with Crippen molar-refractivity contribution in [1.82, 2.24) is 4.90 Å². The molecule has 0 aliphatic rings. The van der Waals surface area contributed by atoms with Crippen molar-refractivity contribution < 1.29 is 19.1 Å². The second-order valence-electron chi connectivity index (χ2n) is 3.43. The van der Waals surface area contributed by atoms with Gasteiger partial charge in [-0.3, -0.25) is 14.5 Å². The van der Waals surface area contributed by atoms with Gasteiger partial charge >= 0.3 is 11.9 Å². The Morgan fingerprint density at radius 2 is 1.53 bits per heavy atom. The number of nitrogens with zero attached hydrogens (tertiary/aromatic N) is 2. The van der Waals surface area contributed by atoms with Crippen LogP contribution in [0.15, 0.2) is 0 Å². The van der Waals surface area contributed by atoms with Crippen LogP contribution in [0.3, 0.4) is 0 Å². The van der Waals surface area contributed by atoms with Crippen molar-refractivity contribution in [2.24, 2.45) is 0 Å². The van der Waals surface area contributed by atoms with Crippen LogP contribution in [-0.4, -0.2) is 49.7 Å². The Morgan fingerprint density at radius 1 is 1.06 bits per heavy atom. The molecule has 0 saturated carbocycles. The summed E-state index contributed by atoms with van der Waals surface area (Å²) in [5, 5.41) is 8.50. The lowest BCUT2D eigenvalue weighted by atomic mass is 10.4. The van der Waals surface area contributed by atoms with Crippen LogP contribution in [0.2, 0.25) is 0 Å². The Bertz CT molecular complexity index is 266. The topological polar surface area (TPSA) is 79.6 Å². The molecule has 0 rings (SSSR count). The Balaban J connectivity index is 3.83. The predicted octanol–water partition coefficient (Wildman–Crippen LogP) is 0.328. The molecule has 0 spiro atoms. The smallest absolute Gasteiger partial charge is 0.302 e. The lowest BCUT2D eigenvalue weighted by Gasteiger charge is -2.20. The number of esters is 2. The highest BCUT2D eigenvalue weighted by Gasteiger charge is 2.06. The molecule has 0 heterocycles. The van der Waals surface area contributed by atoms with Gasteiger partial charge in [0, 0.05) is 39.9 Å². The SMILES string of the molecule is CC(=O)OCCN(CCC#N)CCOC(C)=O. The average molecular weight is 242 g/mol. The van der Waals surface area contributed by atoms with Crippen LogP contribution in [0.4, 0.5) is 0 Å². The van der Waals surface area contributed by atoms with Gasteiger partial charge < -0.3 is 9.47 Å². The molecule has 0 aliphatic heterocycles. The van der Waals surface area contributed by atoms with Crippen molar-refractivity contribution >= 4 is 11.9 Å². The van der Waals surface area contributed by atoms with Crippen molar-refractivity contribution in [2.45, 2.75) is 20.3 Å². The van der Waals surface area contributed by atoms with Gasteiger partial charge in [0.05, 0.1) is 6.07 Å². The van der Waals surface area contributed by atoms with Gasteiger partial charge in [0.2, 0.25) is 0 Å². The molecule has 0 aromatic heterocycles. The number of rotatable bonds is 8. The second kappa shape index (κ2) is 9.60. The molecule has 0 aliphatic carbocycles. The zero-order valence-corrected chi connectivity index (χ0v) is 10.3. The van der Waals surface area contributed by atoms with Crippen LogP contribution >= 0.6 is 0 Å². The van der Waals surface area contributed by atoms with Gasteiger partial charge in [0.1, 0.15) is 13.2 Å². The first kappa shape index (κ1) is 15.4. The quantitative estimate of drug-likeness (QED) is 0.571. The summed E-state index contributed by atoms with van der Waals surface area (Å²) in [5.41, 5.74) is 0. The normalized spacial score (nSPS) is 9.76. The van der Waals surface area contributed by atoms with Crippen molar-refractivity contribution in [3.8, 4) is 6.07 Å². The van der Waals surface area contributed by atoms with Crippen molar-refractivity contribution in [3.05, 3.63) is 0 Å². The Labute approximate surface area is 101 Å². The van der Waals surface area contributed by atoms with E-state index in [1.54, 1.807) is 0 Å². The van der Waals surface area contributed by atoms with E-state index in [0.29, 0.717) is 26.1 Å². The molecule has 0 bridgehead atoms. The maximum atomic E-state index is 10.6. The molecule has 0 N–H and O–H groups in total. The van der Waals surface area contributed by atoms with E-state index in [0.717, 1.165) is 0 Å². The first-order valence-electron chi connectivity index (χ1n) is 5.42. The fourth-order valence-electron chi connectivity index (χ4n) is 1.18. The third-order valence-electron chi connectivity index (χ3n) is 1.97. The summed E-state index contributed by atoms with van der Waals surface area (Å²) < 4.78 is 9.62. The third-order valence-corrected chi connectivity index (χ3v) is 1.97. The molecule has 6 nitrogen and oxygen atoms in total. The van der Waals surface area contributed by atoms with E-state index < -0.39 is 0 Å². The lowest BCUT2D eigenvalue weighted by molar-refractivity contribution is -0.141. The highest BCUT2D eigenvalue weighted by molar-refractivity contribution is 5.66. The van der Waals surface area contributed by atoms with Gasteiger partial charge in [0.25, 0.3) is 0 Å². The minimum absolute atomic E-state index is 0.279. The average Bonchev–Trinajstić information content (AvgIpc) is 2.24. The fourth-order valence-corrected chi connectivity index (χ4v) is 1.18. The number of carbonyl (C=O) groups is 2. The molecule has 17 heavy (non-hydrogen) atoms. The monoisotopic (exact) mass is 242 g/mol. The fraction of sp³-hybridized carbons (Fsp3) is 0.727. The Kier molecular flexibility index (Phi) is 8.69. The van der Waals surface area contributed by atoms with Gasteiger partial charge in [-0.25, -0.2) is 0 Å². The zero-order valence-electron chi connectivity index (χ0n) is 10.3. The summed E-state index contributed by atoms with van der Waals surface area (Å²) in [4.78, 5) is 23.1. The molecular formula is C11H18N2O4. The van der Waals surface area contributed by atoms with E-state index in [1.807, 2.05) is 11.0 Å². The molecule has 0 unspecified atom stereocenters. The third kappa shape index (κ3) is 10.7. The standard InChI is InChI=1S/C11H18N2O4/c1-10(14)16-8-6-13(5-3-4-12)7-9-17-11(2)15/h3,5-9H2,1-2H3. The van der Waals surface area contributed by atoms with Gasteiger partial charge in [-0.1, -0.05) is 0 Å². The minimum Gasteiger partial charge on any atom is -0.465 e. The molecule has 6 heteroatoms. The van der Waals surface area contributed by atoms with Gasteiger partial charge in [-0.15, -0.1) is 0 Å². The second-order valence-corrected chi connectivity index (χ2v) is 3.43. The summed E-state index contributed by atoms with van der Waals surface area (Å²) in [6, 6.07) is 2.04. The van der Waals surface area contributed by atoms with Crippen molar-refractivity contribution in [2.75, 3.05) is 32.8 Å². The van der Waals surface area contributed by atoms with Crippen molar-refractivity contribution in [1.29, 1.82) is 5.26 Å². The molecule has 0 saturated heterocycles. The highest BCUT2D eigenvalue weighted by Crippen LogP contribution is 1.93. The van der Waals surface area contributed by atoms with E-state index in [4.69, 9.17) is 14.7 Å². The maximum Gasteiger partial charge on any atom is 0.302 e. The van der Waals surface area contributed by atoms with Gasteiger partial charge in [0.15, 0.2) is 0 Å². The molecule has 0 aromatic rings. The van der Waals surface area contributed by atoms with Crippen LogP contribution < -0.4 is 0 Å². The summed E-state index contributed by atoms with van der Waals surface area (Å²) in [5.74, 6) is -0.657. The lowest BCUT2D eigenvalue weighted by Crippen LogP contribution is -2.32. The van der Waals surface area contributed by atoms with E-state index in [9.17, 15) is 9.59 Å². The molecule has 0 fully saturated rings. The van der Waals surface area contributed by atoms with Crippen LogP contribution in [0.5, 0.6) is 0 Å². The van der Waals surface area contributed by atoms with Crippen LogP contribution in [-0.2, 0) is 19.1 Å². The minimum atomic E-state index is -0.329. The molecular weight excluding hydrogens is 224 g/mol. The molecule has 0 amide bonds. The molecule has 0 atom stereocenters. The van der Waals surface area contributed by atoms with Gasteiger partial charge in [-0.2, -0.15) is 5.26 Å². The maximum absolute atomic E-state index is 10.6. The van der Waals surface area contributed by atoms with E-state index >= 15 is 0 Å². The van der Waals surface area contributed by atoms with Gasteiger partial charge in [-0.05, 0) is 0 Å². The van der Waals surface area contributed by atoms with Crippen LogP contribution in [0.1, 0.15) is 20.3 Å². The summed E-state index contributed by atoms with van der Waals surface area (Å²) in [6.07, 6.45) is 0.389. The summed E-state index contributed by atoms with van der Waals surface area (Å²) >= 11 is 0. The Hall–Kier alpha value is -1.61. The largest absolute Gasteiger partial charge is 0.465 e. The number of nitriles is 1. The first-order valence-corrected chi connectivity index (χ1v) is 5.42. The number of carbonyl (C=O) groups excluding carboxylic acids is 2. The molecule has 0 aromatic carbocycles. The molecule has 0 radical (unpaired) electrons. The number of hydrogen-bond acceptors (Lipinski definition) is 6. The number of ether oxygens (including phenoxy) is 2. The van der Waals surface area contributed by atoms with E-state index in [2.05, 4.69) is 0 Å². The van der Waals surface area contributed by atoms with Crippen LogP contribution in [0.25, 0.3) is 0 Å². The highest BCUT2D eigenvalue weighted by atomic mass is 16.5. The van der Waals surface area contributed by atoms with Crippen LogP contribution in [0, 0.1) is 11.3 Å². The predicted molar refractivity (Wildman–Crippen MR) is 59.9 cm³/mol. The zero-order chi connectivity index (χ0) is 13.1. The molecule has 96 valence electrons. The first-order chi connectivity index (χ1) is 8.06. The van der Waals surface area contributed by atoms with Crippen molar-refractivity contribution in [3.63, 3.8) is 0 Å².